The number of rotatable bonds is 6. The lowest BCUT2D eigenvalue weighted by atomic mass is 10.2. The van der Waals surface area contributed by atoms with Crippen molar-refractivity contribution in [2.24, 2.45) is 0 Å². The van der Waals surface area contributed by atoms with Crippen molar-refractivity contribution >= 4 is 11.3 Å². The molecule has 0 saturated carbocycles. The van der Waals surface area contributed by atoms with Crippen LogP contribution in [0.4, 0.5) is 0 Å². The van der Waals surface area contributed by atoms with Gasteiger partial charge in [0.2, 0.25) is 18.5 Å². The van der Waals surface area contributed by atoms with E-state index in [1.165, 1.54) is 0 Å². The van der Waals surface area contributed by atoms with Crippen molar-refractivity contribution in [3.05, 3.63) is 65.5 Å². The molecule has 5 rings (SSSR count). The number of ether oxygens (including phenoxy) is 2. The molecule has 0 saturated heterocycles. The molecule has 0 spiro atoms. The Morgan fingerprint density at radius 3 is 2.72 bits per heavy atom. The third-order valence-corrected chi connectivity index (χ3v) is 5.45. The molecule has 146 valence electrons. The molecule has 0 atom stereocenters. The topological polar surface area (TPSA) is 73.5 Å². The monoisotopic (exact) mass is 406 g/mol. The van der Waals surface area contributed by atoms with Gasteiger partial charge in [-0.05, 0) is 25.2 Å². The average molecular weight is 406 g/mol. The van der Waals surface area contributed by atoms with Gasteiger partial charge in [-0.15, -0.1) is 11.3 Å². The molecule has 7 nitrogen and oxygen atoms in total. The van der Waals surface area contributed by atoms with Gasteiger partial charge >= 0.3 is 0 Å². The first-order chi connectivity index (χ1) is 14.2. The van der Waals surface area contributed by atoms with Crippen LogP contribution >= 0.6 is 11.3 Å². The van der Waals surface area contributed by atoms with Gasteiger partial charge in [-0.1, -0.05) is 35.5 Å². The molecule has 0 bridgehead atoms. The summed E-state index contributed by atoms with van der Waals surface area (Å²) in [6, 6.07) is 15.8. The minimum atomic E-state index is 0.240. The van der Waals surface area contributed by atoms with Gasteiger partial charge in [0.25, 0.3) is 0 Å². The van der Waals surface area contributed by atoms with Gasteiger partial charge in [-0.2, -0.15) is 4.98 Å². The Labute approximate surface area is 171 Å². The Morgan fingerprint density at radius 2 is 1.83 bits per heavy atom. The minimum absolute atomic E-state index is 0.240. The highest BCUT2D eigenvalue weighted by Crippen LogP contribution is 2.35. The highest BCUT2D eigenvalue weighted by Gasteiger charge is 2.17. The van der Waals surface area contributed by atoms with Crippen LogP contribution in [-0.2, 0) is 13.1 Å². The molecule has 3 heterocycles. The van der Waals surface area contributed by atoms with E-state index in [0.29, 0.717) is 30.6 Å². The van der Waals surface area contributed by atoms with Crippen molar-refractivity contribution in [2.45, 2.75) is 13.1 Å². The van der Waals surface area contributed by atoms with E-state index in [-0.39, 0.29) is 6.79 Å². The summed E-state index contributed by atoms with van der Waals surface area (Å²) in [5.74, 6) is 2.52. The highest BCUT2D eigenvalue weighted by atomic mass is 32.1. The van der Waals surface area contributed by atoms with Crippen LogP contribution in [0.5, 0.6) is 11.5 Å². The number of hydrogen-bond donors (Lipinski definition) is 0. The largest absolute Gasteiger partial charge is 0.454 e. The van der Waals surface area contributed by atoms with Crippen molar-refractivity contribution in [3.63, 3.8) is 0 Å². The molecule has 2 aromatic carbocycles. The maximum atomic E-state index is 5.43. The zero-order valence-corrected chi connectivity index (χ0v) is 16.6. The van der Waals surface area contributed by atoms with E-state index in [2.05, 4.69) is 32.6 Å². The van der Waals surface area contributed by atoms with Crippen molar-refractivity contribution < 1.29 is 14.0 Å². The standard InChI is InChI=1S/C21H18N4O3S/c1-25(10-16-12-29-21(22-16)14-5-3-2-4-6-14)11-19-23-20(24-28-19)15-7-8-17-18(9-15)27-13-26-17/h2-9,12H,10-11,13H2,1H3. The summed E-state index contributed by atoms with van der Waals surface area (Å²) in [6.45, 7) is 1.48. The van der Waals surface area contributed by atoms with E-state index in [0.717, 1.165) is 27.6 Å². The SMILES string of the molecule is CN(Cc1csc(-c2ccccc2)n1)Cc1nc(-c2ccc3c(c2)OCO3)no1. The second kappa shape index (κ2) is 7.65. The Balaban J connectivity index is 1.24. The van der Waals surface area contributed by atoms with Crippen LogP contribution in [0.2, 0.25) is 0 Å². The van der Waals surface area contributed by atoms with Crippen LogP contribution in [0.25, 0.3) is 22.0 Å². The Bertz CT molecular complexity index is 1130. The zero-order valence-electron chi connectivity index (χ0n) is 15.7. The number of nitrogens with zero attached hydrogens (tertiary/aromatic N) is 4. The lowest BCUT2D eigenvalue weighted by Gasteiger charge is -2.11. The van der Waals surface area contributed by atoms with Gasteiger partial charge in [0, 0.05) is 23.1 Å². The Morgan fingerprint density at radius 1 is 0.966 bits per heavy atom. The molecular weight excluding hydrogens is 388 g/mol. The fourth-order valence-corrected chi connectivity index (χ4v) is 3.95. The summed E-state index contributed by atoms with van der Waals surface area (Å²) in [5, 5.41) is 7.21. The quantitative estimate of drug-likeness (QED) is 0.475. The Hall–Kier alpha value is -3.23. The molecule has 2 aromatic heterocycles. The van der Waals surface area contributed by atoms with Gasteiger partial charge in [-0.3, -0.25) is 4.90 Å². The normalized spacial score (nSPS) is 12.6. The fraction of sp³-hybridized carbons (Fsp3) is 0.190. The smallest absolute Gasteiger partial charge is 0.241 e. The second-order valence-electron chi connectivity index (χ2n) is 6.76. The van der Waals surface area contributed by atoms with E-state index < -0.39 is 0 Å². The van der Waals surface area contributed by atoms with Crippen LogP contribution in [0.3, 0.4) is 0 Å². The van der Waals surface area contributed by atoms with Crippen molar-refractivity contribution in [1.82, 2.24) is 20.0 Å². The molecule has 0 radical (unpaired) electrons. The lowest BCUT2D eigenvalue weighted by Crippen LogP contribution is -2.17. The number of fused-ring (bicyclic) bond motifs is 1. The molecule has 0 N–H and O–H groups in total. The zero-order chi connectivity index (χ0) is 19.6. The molecule has 1 aliphatic rings. The molecule has 1 aliphatic heterocycles. The van der Waals surface area contributed by atoms with Crippen LogP contribution in [0.15, 0.2) is 58.4 Å². The van der Waals surface area contributed by atoms with Crippen LogP contribution in [-0.4, -0.2) is 33.9 Å². The van der Waals surface area contributed by atoms with Gasteiger partial charge in [0.1, 0.15) is 5.01 Å². The highest BCUT2D eigenvalue weighted by molar-refractivity contribution is 7.13. The van der Waals surface area contributed by atoms with Gasteiger partial charge < -0.3 is 14.0 Å². The van der Waals surface area contributed by atoms with Crippen molar-refractivity contribution in [1.29, 1.82) is 0 Å². The summed E-state index contributed by atoms with van der Waals surface area (Å²) in [4.78, 5) is 11.3. The van der Waals surface area contributed by atoms with E-state index in [4.69, 9.17) is 19.0 Å². The molecule has 8 heteroatoms. The third kappa shape index (κ3) is 3.85. The van der Waals surface area contributed by atoms with Gasteiger partial charge in [0.15, 0.2) is 11.5 Å². The van der Waals surface area contributed by atoms with Crippen LogP contribution in [0.1, 0.15) is 11.6 Å². The maximum Gasteiger partial charge on any atom is 0.241 e. The van der Waals surface area contributed by atoms with Crippen LogP contribution in [0, 0.1) is 0 Å². The summed E-state index contributed by atoms with van der Waals surface area (Å²) in [6.07, 6.45) is 0. The number of hydrogen-bond acceptors (Lipinski definition) is 8. The van der Waals surface area contributed by atoms with Crippen LogP contribution < -0.4 is 9.47 Å². The second-order valence-corrected chi connectivity index (χ2v) is 7.62. The summed E-state index contributed by atoms with van der Waals surface area (Å²) in [5.41, 5.74) is 2.99. The van der Waals surface area contributed by atoms with E-state index in [1.807, 2.05) is 43.4 Å². The van der Waals surface area contributed by atoms with Crippen molar-refractivity contribution in [2.75, 3.05) is 13.8 Å². The first kappa shape index (κ1) is 17.8. The molecule has 0 unspecified atom stereocenters. The predicted octanol–water partition coefficient (Wildman–Crippen LogP) is 4.22. The molecular formula is C21H18N4O3S. The summed E-state index contributed by atoms with van der Waals surface area (Å²) in [7, 11) is 2.01. The molecule has 0 fully saturated rings. The summed E-state index contributed by atoms with van der Waals surface area (Å²) < 4.78 is 16.2. The number of benzene rings is 2. The minimum Gasteiger partial charge on any atom is -0.454 e. The van der Waals surface area contributed by atoms with Gasteiger partial charge in [-0.25, -0.2) is 4.98 Å². The first-order valence-electron chi connectivity index (χ1n) is 9.15. The molecule has 0 aliphatic carbocycles. The molecule has 0 amide bonds. The maximum absolute atomic E-state index is 5.43. The predicted molar refractivity (Wildman–Crippen MR) is 109 cm³/mol. The van der Waals surface area contributed by atoms with E-state index in [1.54, 1.807) is 11.3 Å². The lowest BCUT2D eigenvalue weighted by molar-refractivity contribution is 0.174. The van der Waals surface area contributed by atoms with Crippen molar-refractivity contribution in [3.8, 4) is 33.5 Å². The van der Waals surface area contributed by atoms with E-state index in [9.17, 15) is 0 Å². The van der Waals surface area contributed by atoms with Gasteiger partial charge in [0.05, 0.1) is 12.2 Å². The molecule has 4 aromatic rings. The summed E-state index contributed by atoms with van der Waals surface area (Å²) >= 11 is 1.65. The fourth-order valence-electron chi connectivity index (χ4n) is 3.13. The van der Waals surface area contributed by atoms with E-state index >= 15 is 0 Å². The third-order valence-electron chi connectivity index (χ3n) is 4.51. The number of thiazole rings is 1. The average Bonchev–Trinajstić information content (AvgIpc) is 3.49. The Kier molecular flexibility index (Phi) is 4.71. The first-order valence-corrected chi connectivity index (χ1v) is 10.0. The number of aromatic nitrogens is 3. The molecule has 29 heavy (non-hydrogen) atoms.